The molecule has 0 saturated carbocycles. The van der Waals surface area contributed by atoms with Crippen molar-refractivity contribution in [1.29, 1.82) is 0 Å². The Morgan fingerprint density at radius 2 is 2.10 bits per heavy atom. The van der Waals surface area contributed by atoms with Gasteiger partial charge in [0.1, 0.15) is 18.5 Å². The SMILES string of the molecule is CC1(C)OC[C@H](CONC(=O)c2cc(F)c(F)c(F)c2Nc2ncc(Br)cc2Cl)O1. The second kappa shape index (κ2) is 9.06. The van der Waals surface area contributed by atoms with E-state index in [4.69, 9.17) is 25.9 Å². The van der Waals surface area contributed by atoms with Gasteiger partial charge in [0.2, 0.25) is 0 Å². The molecule has 1 aliphatic heterocycles. The van der Waals surface area contributed by atoms with Gasteiger partial charge in [-0.25, -0.2) is 23.6 Å². The summed E-state index contributed by atoms with van der Waals surface area (Å²) in [5.74, 6) is -6.81. The summed E-state index contributed by atoms with van der Waals surface area (Å²) in [6, 6.07) is 1.98. The highest BCUT2D eigenvalue weighted by molar-refractivity contribution is 9.10. The molecule has 0 radical (unpaired) electrons. The van der Waals surface area contributed by atoms with Gasteiger partial charge < -0.3 is 14.8 Å². The summed E-state index contributed by atoms with van der Waals surface area (Å²) in [7, 11) is 0. The molecule has 1 aromatic heterocycles. The molecule has 12 heteroatoms. The van der Waals surface area contributed by atoms with E-state index >= 15 is 0 Å². The van der Waals surface area contributed by atoms with Crippen molar-refractivity contribution in [3.8, 4) is 0 Å². The van der Waals surface area contributed by atoms with Gasteiger partial charge in [0.05, 0.1) is 22.9 Å². The lowest BCUT2D eigenvalue weighted by atomic mass is 10.1. The Kier molecular flexibility index (Phi) is 6.88. The molecule has 2 N–H and O–H groups in total. The second-order valence-corrected chi connectivity index (χ2v) is 8.03. The monoisotopic (exact) mass is 509 g/mol. The molecule has 0 bridgehead atoms. The summed E-state index contributed by atoms with van der Waals surface area (Å²) in [5.41, 5.74) is 0.828. The largest absolute Gasteiger partial charge is 0.348 e. The Hall–Kier alpha value is -1.92. The second-order valence-electron chi connectivity index (χ2n) is 6.71. The number of anilines is 2. The predicted octanol–water partition coefficient (Wildman–Crippen LogP) is 4.47. The van der Waals surface area contributed by atoms with Crippen LogP contribution in [0.3, 0.4) is 0 Å². The zero-order valence-electron chi connectivity index (χ0n) is 15.7. The zero-order valence-corrected chi connectivity index (χ0v) is 18.0. The van der Waals surface area contributed by atoms with Crippen LogP contribution >= 0.6 is 27.5 Å². The average molecular weight is 511 g/mol. The molecule has 0 spiro atoms. The molecule has 2 aromatic rings. The Morgan fingerprint density at radius 3 is 2.73 bits per heavy atom. The van der Waals surface area contributed by atoms with Crippen molar-refractivity contribution in [1.82, 2.24) is 10.5 Å². The zero-order chi connectivity index (χ0) is 22.1. The Morgan fingerprint density at radius 1 is 1.37 bits per heavy atom. The average Bonchev–Trinajstić information content (AvgIpc) is 3.02. The fraction of sp³-hybridized carbons (Fsp3) is 0.333. The molecule has 0 aliphatic carbocycles. The molecule has 1 saturated heterocycles. The molecule has 1 amide bonds. The number of hydroxylamine groups is 1. The Labute approximate surface area is 182 Å². The van der Waals surface area contributed by atoms with Gasteiger partial charge in [0, 0.05) is 10.7 Å². The lowest BCUT2D eigenvalue weighted by Crippen LogP contribution is -2.31. The quantitative estimate of drug-likeness (QED) is 0.441. The first-order valence-corrected chi connectivity index (χ1v) is 9.74. The number of nitrogens with one attached hydrogen (secondary N) is 2. The van der Waals surface area contributed by atoms with Crippen molar-refractivity contribution in [3.05, 3.63) is 50.8 Å². The van der Waals surface area contributed by atoms with E-state index in [9.17, 15) is 18.0 Å². The van der Waals surface area contributed by atoms with Crippen LogP contribution in [-0.2, 0) is 14.3 Å². The standard InChI is InChI=1S/C18H16BrClF3N3O4/c1-18(2)28-6-9(30-18)7-29-26-17(27)10-4-12(21)13(22)14(23)15(10)25-16-11(20)3-8(19)5-24-16/h3-5,9H,6-7H2,1-2H3,(H,24,25)(H,26,27)/t9-/m1/s1. The van der Waals surface area contributed by atoms with E-state index in [2.05, 4.69) is 26.2 Å². The van der Waals surface area contributed by atoms with Gasteiger partial charge in [0.15, 0.2) is 23.2 Å². The molecule has 1 aromatic carbocycles. The van der Waals surface area contributed by atoms with Gasteiger partial charge in [-0.15, -0.1) is 0 Å². The van der Waals surface area contributed by atoms with Crippen molar-refractivity contribution in [3.63, 3.8) is 0 Å². The van der Waals surface area contributed by atoms with E-state index in [0.29, 0.717) is 10.5 Å². The van der Waals surface area contributed by atoms with Crippen LogP contribution in [0, 0.1) is 17.5 Å². The number of hydrogen-bond acceptors (Lipinski definition) is 6. The Balaban J connectivity index is 1.78. The lowest BCUT2D eigenvalue weighted by molar-refractivity contribution is -0.147. The van der Waals surface area contributed by atoms with E-state index in [1.54, 1.807) is 13.8 Å². The van der Waals surface area contributed by atoms with Crippen LogP contribution in [0.2, 0.25) is 5.02 Å². The Bertz CT molecular complexity index is 980. The number of halogens is 5. The third-order valence-electron chi connectivity index (χ3n) is 3.96. The molecule has 7 nitrogen and oxygen atoms in total. The summed E-state index contributed by atoms with van der Waals surface area (Å²) in [6.45, 7) is 3.59. The summed E-state index contributed by atoms with van der Waals surface area (Å²) in [5, 5.41) is 2.47. The molecule has 30 heavy (non-hydrogen) atoms. The van der Waals surface area contributed by atoms with Crippen LogP contribution in [-0.4, -0.2) is 36.0 Å². The van der Waals surface area contributed by atoms with Crippen LogP contribution in [0.4, 0.5) is 24.7 Å². The fourth-order valence-electron chi connectivity index (χ4n) is 2.62. The minimum atomic E-state index is -1.76. The first-order valence-electron chi connectivity index (χ1n) is 8.57. The smallest absolute Gasteiger partial charge is 0.277 e. The summed E-state index contributed by atoms with van der Waals surface area (Å²) >= 11 is 9.18. The molecule has 1 fully saturated rings. The molecule has 1 aliphatic rings. The number of carbonyl (C=O) groups is 1. The molecular weight excluding hydrogens is 495 g/mol. The maximum absolute atomic E-state index is 14.4. The number of rotatable bonds is 6. The van der Waals surface area contributed by atoms with Gasteiger partial charge in [-0.1, -0.05) is 11.6 Å². The highest BCUT2D eigenvalue weighted by Crippen LogP contribution is 2.31. The highest BCUT2D eigenvalue weighted by atomic mass is 79.9. The van der Waals surface area contributed by atoms with E-state index in [1.807, 2.05) is 5.48 Å². The first kappa shape index (κ1) is 22.8. The number of amides is 1. The topological polar surface area (TPSA) is 81.7 Å². The highest BCUT2D eigenvalue weighted by Gasteiger charge is 2.33. The number of carbonyl (C=O) groups excluding carboxylic acids is 1. The van der Waals surface area contributed by atoms with Gasteiger partial charge in [-0.3, -0.25) is 9.63 Å². The first-order chi connectivity index (χ1) is 14.1. The summed E-state index contributed by atoms with van der Waals surface area (Å²) in [6.07, 6.45) is 0.894. The maximum atomic E-state index is 14.4. The van der Waals surface area contributed by atoms with E-state index in [0.717, 1.165) is 0 Å². The van der Waals surface area contributed by atoms with Crippen molar-refractivity contribution in [2.75, 3.05) is 18.5 Å². The van der Waals surface area contributed by atoms with Crippen LogP contribution in [0.1, 0.15) is 24.2 Å². The van der Waals surface area contributed by atoms with Crippen molar-refractivity contribution >= 4 is 44.9 Å². The number of nitrogens with zero attached hydrogens (tertiary/aromatic N) is 1. The van der Waals surface area contributed by atoms with Crippen LogP contribution in [0.25, 0.3) is 0 Å². The van der Waals surface area contributed by atoms with Gasteiger partial charge in [0.25, 0.3) is 5.91 Å². The molecule has 1 atom stereocenters. The fourth-order valence-corrected chi connectivity index (χ4v) is 3.30. The van der Waals surface area contributed by atoms with E-state index < -0.39 is 46.5 Å². The molecule has 2 heterocycles. The molecule has 162 valence electrons. The van der Waals surface area contributed by atoms with Crippen molar-refractivity contribution in [2.24, 2.45) is 0 Å². The molecule has 0 unspecified atom stereocenters. The number of hydrogen-bond donors (Lipinski definition) is 2. The third-order valence-corrected chi connectivity index (χ3v) is 4.68. The maximum Gasteiger partial charge on any atom is 0.277 e. The lowest BCUT2D eigenvalue weighted by Gasteiger charge is -2.17. The number of aromatic nitrogens is 1. The van der Waals surface area contributed by atoms with Crippen LogP contribution < -0.4 is 10.8 Å². The normalized spacial score (nSPS) is 17.8. The van der Waals surface area contributed by atoms with Gasteiger partial charge in [-0.05, 0) is 41.9 Å². The summed E-state index contributed by atoms with van der Waals surface area (Å²) in [4.78, 5) is 21.4. The van der Waals surface area contributed by atoms with E-state index in [-0.39, 0.29) is 24.1 Å². The van der Waals surface area contributed by atoms with E-state index in [1.165, 1.54) is 12.3 Å². The predicted molar refractivity (Wildman–Crippen MR) is 105 cm³/mol. The number of ether oxygens (including phenoxy) is 2. The van der Waals surface area contributed by atoms with Crippen molar-refractivity contribution in [2.45, 2.75) is 25.7 Å². The van der Waals surface area contributed by atoms with Crippen LogP contribution in [0.15, 0.2) is 22.8 Å². The third kappa shape index (κ3) is 5.22. The minimum Gasteiger partial charge on any atom is -0.348 e. The van der Waals surface area contributed by atoms with Gasteiger partial charge >= 0.3 is 0 Å². The number of pyridine rings is 1. The summed E-state index contributed by atoms with van der Waals surface area (Å²) < 4.78 is 53.4. The molecule has 3 rings (SSSR count). The van der Waals surface area contributed by atoms with Crippen molar-refractivity contribution < 1.29 is 32.3 Å². The molecular formula is C18H16BrClF3N3O4. The minimum absolute atomic E-state index is 0.0529. The van der Waals surface area contributed by atoms with Gasteiger partial charge in [-0.2, -0.15) is 0 Å². The number of benzene rings is 1. The van der Waals surface area contributed by atoms with Crippen LogP contribution in [0.5, 0.6) is 0 Å².